The van der Waals surface area contributed by atoms with Crippen molar-refractivity contribution in [3.8, 4) is 0 Å². The fourth-order valence-electron chi connectivity index (χ4n) is 1.69. The normalized spacial score (nSPS) is 12.3. The molecule has 4 nitrogen and oxygen atoms in total. The molecule has 0 atom stereocenters. The van der Waals surface area contributed by atoms with Crippen molar-refractivity contribution in [1.29, 1.82) is 0 Å². The first-order valence-electron chi connectivity index (χ1n) is 6.36. The fourth-order valence-corrected chi connectivity index (χ4v) is 2.53. The Bertz CT molecular complexity index is 802. The van der Waals surface area contributed by atoms with E-state index in [0.29, 0.717) is 10.6 Å². The third-order valence-corrected chi connectivity index (χ3v) is 4.01. The van der Waals surface area contributed by atoms with Gasteiger partial charge in [-0.3, -0.25) is 9.79 Å². The van der Waals surface area contributed by atoms with Gasteiger partial charge in [0.25, 0.3) is 5.91 Å². The van der Waals surface area contributed by atoms with Gasteiger partial charge in [-0.25, -0.2) is 4.39 Å². The number of aliphatic imine (C=N–C) groups is 1. The monoisotopic (exact) mass is 355 g/mol. The predicted molar refractivity (Wildman–Crippen MR) is 89.8 cm³/mol. The van der Waals surface area contributed by atoms with Crippen LogP contribution in [0.3, 0.4) is 0 Å². The molecule has 0 aliphatic rings. The van der Waals surface area contributed by atoms with Crippen LogP contribution < -0.4 is 11.1 Å². The summed E-state index contributed by atoms with van der Waals surface area (Å²) < 4.78 is 26.1. The van der Waals surface area contributed by atoms with E-state index in [4.69, 9.17) is 17.3 Å². The molecule has 3 N–H and O–H groups in total. The Hall–Kier alpha value is -2.25. The van der Waals surface area contributed by atoms with Gasteiger partial charge in [0.1, 0.15) is 11.5 Å². The van der Waals surface area contributed by atoms with Crippen LogP contribution in [0.15, 0.2) is 41.4 Å². The topological polar surface area (TPSA) is 67.5 Å². The minimum absolute atomic E-state index is 0.0387. The number of carbonyl (C=O) groups excluding carboxylic acids is 1. The molecule has 0 unspecified atom stereocenters. The summed E-state index contributed by atoms with van der Waals surface area (Å²) in [7, 11) is 1.42. The summed E-state index contributed by atoms with van der Waals surface area (Å²) >= 11 is 6.52. The number of thiophene rings is 1. The van der Waals surface area contributed by atoms with Crippen molar-refractivity contribution in [2.45, 2.75) is 0 Å². The Kier molecular flexibility index (Phi) is 5.46. The van der Waals surface area contributed by atoms with Crippen molar-refractivity contribution in [2.75, 3.05) is 12.4 Å². The summed E-state index contributed by atoms with van der Waals surface area (Å²) in [4.78, 5) is 16.5. The van der Waals surface area contributed by atoms with Gasteiger partial charge in [-0.1, -0.05) is 11.6 Å². The molecule has 23 heavy (non-hydrogen) atoms. The van der Waals surface area contributed by atoms with Crippen molar-refractivity contribution in [2.24, 2.45) is 10.7 Å². The zero-order valence-electron chi connectivity index (χ0n) is 11.9. The largest absolute Gasteiger partial charge is 0.398 e. The number of hydrogen-bond donors (Lipinski definition) is 2. The summed E-state index contributed by atoms with van der Waals surface area (Å²) in [6, 6.07) is 6.58. The van der Waals surface area contributed by atoms with Gasteiger partial charge in [-0.15, -0.1) is 11.3 Å². The summed E-state index contributed by atoms with van der Waals surface area (Å²) in [5.41, 5.74) is 6.40. The smallest absolute Gasteiger partial charge is 0.273 e. The molecule has 0 fully saturated rings. The van der Waals surface area contributed by atoms with Crippen LogP contribution in [0.5, 0.6) is 0 Å². The lowest BCUT2D eigenvalue weighted by atomic mass is 10.2. The van der Waals surface area contributed by atoms with Crippen molar-refractivity contribution in [3.05, 3.63) is 57.3 Å². The third kappa shape index (κ3) is 4.37. The van der Waals surface area contributed by atoms with Gasteiger partial charge in [0.2, 0.25) is 0 Å². The van der Waals surface area contributed by atoms with Gasteiger partial charge in [-0.2, -0.15) is 4.39 Å². The van der Waals surface area contributed by atoms with Crippen LogP contribution in [-0.4, -0.2) is 18.7 Å². The molecular formula is C15H12ClF2N3OS. The average molecular weight is 356 g/mol. The Labute approximate surface area is 140 Å². The van der Waals surface area contributed by atoms with Crippen LogP contribution in [-0.2, 0) is 4.79 Å². The molecule has 120 valence electrons. The summed E-state index contributed by atoms with van der Waals surface area (Å²) in [5, 5.41) is 2.04. The number of nitrogens with two attached hydrogens (primary N) is 1. The zero-order valence-corrected chi connectivity index (χ0v) is 13.5. The van der Waals surface area contributed by atoms with Crippen LogP contribution in [0, 0.1) is 10.9 Å². The minimum atomic E-state index is -0.585. The van der Waals surface area contributed by atoms with Crippen molar-refractivity contribution < 1.29 is 13.6 Å². The maximum atomic E-state index is 13.1. The number of amides is 1. The second-order valence-electron chi connectivity index (χ2n) is 4.40. The summed E-state index contributed by atoms with van der Waals surface area (Å²) in [6.45, 7) is 0. The van der Waals surface area contributed by atoms with Crippen LogP contribution in [0.2, 0.25) is 5.02 Å². The molecule has 0 aliphatic heterocycles. The Balaban J connectivity index is 2.17. The standard InChI is InChI=1S/C15H12ClF2N3OS/c1-20-12(7-11(19)13-4-5-14(18)23-13)15(22)21-8-2-3-10(17)9(16)6-8/h2-7H,19H2,1H3,(H,21,22). The van der Waals surface area contributed by atoms with E-state index in [2.05, 4.69) is 10.3 Å². The maximum Gasteiger partial charge on any atom is 0.273 e. The number of anilines is 1. The van der Waals surface area contributed by atoms with Crippen LogP contribution >= 0.6 is 22.9 Å². The molecule has 0 radical (unpaired) electrons. The van der Waals surface area contributed by atoms with Crippen molar-refractivity contribution in [1.82, 2.24) is 0 Å². The second kappa shape index (κ2) is 7.34. The summed E-state index contributed by atoms with van der Waals surface area (Å²) in [6.07, 6.45) is 1.34. The van der Waals surface area contributed by atoms with Gasteiger partial charge < -0.3 is 11.1 Å². The highest BCUT2D eigenvalue weighted by Gasteiger charge is 2.12. The Morgan fingerprint density at radius 2 is 2.09 bits per heavy atom. The van der Waals surface area contributed by atoms with E-state index >= 15 is 0 Å². The molecule has 1 aromatic heterocycles. The first kappa shape index (κ1) is 17.1. The van der Waals surface area contributed by atoms with Gasteiger partial charge in [-0.05, 0) is 36.4 Å². The molecule has 0 saturated carbocycles. The number of hydrogen-bond acceptors (Lipinski definition) is 4. The third-order valence-electron chi connectivity index (χ3n) is 2.80. The van der Waals surface area contributed by atoms with Gasteiger partial charge in [0.15, 0.2) is 5.13 Å². The fraction of sp³-hybridized carbons (Fsp3) is 0.0667. The Morgan fingerprint density at radius 1 is 1.35 bits per heavy atom. The first-order valence-corrected chi connectivity index (χ1v) is 7.56. The highest BCUT2D eigenvalue weighted by Crippen LogP contribution is 2.21. The minimum Gasteiger partial charge on any atom is -0.398 e. The second-order valence-corrected chi connectivity index (χ2v) is 5.84. The van der Waals surface area contributed by atoms with Gasteiger partial charge in [0, 0.05) is 12.7 Å². The number of nitrogens with zero attached hydrogens (tertiary/aromatic N) is 1. The van der Waals surface area contributed by atoms with Crippen molar-refractivity contribution in [3.63, 3.8) is 0 Å². The van der Waals surface area contributed by atoms with Crippen LogP contribution in [0.1, 0.15) is 4.88 Å². The maximum absolute atomic E-state index is 13.1. The van der Waals surface area contributed by atoms with Crippen molar-refractivity contribution >= 4 is 45.9 Å². The molecule has 1 amide bonds. The average Bonchev–Trinajstić information content (AvgIpc) is 2.95. The first-order chi connectivity index (χ1) is 10.9. The lowest BCUT2D eigenvalue weighted by Crippen LogP contribution is -2.22. The van der Waals surface area contributed by atoms with E-state index in [1.165, 1.54) is 37.4 Å². The van der Waals surface area contributed by atoms with Crippen LogP contribution in [0.25, 0.3) is 5.70 Å². The number of nitrogens with one attached hydrogen (secondary N) is 1. The molecule has 8 heteroatoms. The Morgan fingerprint density at radius 3 is 2.65 bits per heavy atom. The predicted octanol–water partition coefficient (Wildman–Crippen LogP) is 3.69. The van der Waals surface area contributed by atoms with E-state index in [1.807, 2.05) is 0 Å². The number of benzene rings is 1. The lowest BCUT2D eigenvalue weighted by Gasteiger charge is -2.06. The van der Waals surface area contributed by atoms with Gasteiger partial charge in [0.05, 0.1) is 15.6 Å². The van der Waals surface area contributed by atoms with E-state index < -0.39 is 11.7 Å². The summed E-state index contributed by atoms with van der Waals surface area (Å²) in [5.74, 6) is -1.13. The number of halogens is 3. The molecule has 0 spiro atoms. The quantitative estimate of drug-likeness (QED) is 0.821. The molecule has 0 bridgehead atoms. The highest BCUT2D eigenvalue weighted by atomic mass is 35.5. The SMILES string of the molecule is CN=C(C=C(N)c1ccc(F)s1)C(=O)Nc1ccc(F)c(Cl)c1. The van der Waals surface area contributed by atoms with E-state index in [-0.39, 0.29) is 21.6 Å². The molecule has 2 rings (SSSR count). The lowest BCUT2D eigenvalue weighted by molar-refractivity contribution is -0.110. The highest BCUT2D eigenvalue weighted by molar-refractivity contribution is 7.11. The molecule has 0 saturated heterocycles. The van der Waals surface area contributed by atoms with E-state index in [9.17, 15) is 13.6 Å². The van der Waals surface area contributed by atoms with E-state index in [0.717, 1.165) is 17.4 Å². The molecule has 1 aromatic carbocycles. The number of rotatable bonds is 4. The molecule has 0 aliphatic carbocycles. The van der Waals surface area contributed by atoms with Gasteiger partial charge >= 0.3 is 0 Å². The number of carbonyl (C=O) groups is 1. The zero-order chi connectivity index (χ0) is 17.0. The molecule has 1 heterocycles. The van der Waals surface area contributed by atoms with Crippen LogP contribution in [0.4, 0.5) is 14.5 Å². The molecule has 2 aromatic rings. The van der Waals surface area contributed by atoms with E-state index in [1.54, 1.807) is 0 Å². The molecular weight excluding hydrogens is 344 g/mol.